The molecular formula is C20H22FN3O3. The van der Waals surface area contributed by atoms with Crippen molar-refractivity contribution in [3.63, 3.8) is 0 Å². The molecule has 0 bridgehead atoms. The Balaban J connectivity index is 1.43. The molecule has 142 valence electrons. The first-order chi connectivity index (χ1) is 13.2. The van der Waals surface area contributed by atoms with Crippen LogP contribution >= 0.6 is 0 Å². The molecule has 1 aromatic heterocycles. The Bertz CT molecular complexity index is 803. The molecule has 2 aliphatic rings. The molecule has 0 N–H and O–H groups in total. The van der Waals surface area contributed by atoms with Crippen LogP contribution in [0.1, 0.15) is 37.3 Å². The van der Waals surface area contributed by atoms with Crippen molar-refractivity contribution in [2.45, 2.75) is 37.7 Å². The minimum Gasteiger partial charge on any atom is -0.437 e. The van der Waals surface area contributed by atoms with E-state index in [0.29, 0.717) is 31.3 Å². The molecule has 0 unspecified atom stereocenters. The normalized spacial score (nSPS) is 20.6. The number of piperidine rings is 1. The number of hydrogen-bond donors (Lipinski definition) is 0. The molecule has 1 atom stereocenters. The maximum absolute atomic E-state index is 13.4. The van der Waals surface area contributed by atoms with E-state index >= 15 is 0 Å². The fourth-order valence-corrected chi connectivity index (χ4v) is 3.69. The first kappa shape index (κ1) is 17.9. The van der Waals surface area contributed by atoms with Gasteiger partial charge in [0.05, 0.1) is 0 Å². The van der Waals surface area contributed by atoms with Crippen molar-refractivity contribution >= 4 is 5.91 Å². The minimum absolute atomic E-state index is 0.0985. The lowest BCUT2D eigenvalue weighted by Gasteiger charge is -2.33. The zero-order chi connectivity index (χ0) is 18.6. The summed E-state index contributed by atoms with van der Waals surface area (Å²) in [4.78, 5) is 23.1. The van der Waals surface area contributed by atoms with Crippen molar-refractivity contribution in [1.29, 1.82) is 0 Å². The van der Waals surface area contributed by atoms with Gasteiger partial charge in [-0.3, -0.25) is 9.78 Å². The molecule has 1 amide bonds. The zero-order valence-electron chi connectivity index (χ0n) is 15.0. The number of nitrogens with zero attached hydrogens (tertiary/aromatic N) is 3. The molecule has 4 rings (SSSR count). The van der Waals surface area contributed by atoms with E-state index in [0.717, 1.165) is 31.4 Å². The molecule has 2 saturated heterocycles. The summed E-state index contributed by atoms with van der Waals surface area (Å²) in [7, 11) is 0. The average Bonchev–Trinajstić information content (AvgIpc) is 3.23. The van der Waals surface area contributed by atoms with Crippen LogP contribution in [0.4, 0.5) is 4.39 Å². The van der Waals surface area contributed by atoms with Gasteiger partial charge in [-0.2, -0.15) is 0 Å². The van der Waals surface area contributed by atoms with Crippen LogP contribution in [0.25, 0.3) is 0 Å². The Labute approximate surface area is 157 Å². The molecule has 1 aromatic carbocycles. The van der Waals surface area contributed by atoms with E-state index in [-0.39, 0.29) is 23.7 Å². The third-order valence-corrected chi connectivity index (χ3v) is 5.10. The van der Waals surface area contributed by atoms with Gasteiger partial charge in [-0.15, -0.1) is 0 Å². The second-order valence-electron chi connectivity index (χ2n) is 6.91. The second kappa shape index (κ2) is 8.00. The van der Waals surface area contributed by atoms with Crippen molar-refractivity contribution in [3.05, 3.63) is 48.2 Å². The van der Waals surface area contributed by atoms with Crippen molar-refractivity contribution in [2.75, 3.05) is 19.7 Å². The molecule has 0 spiro atoms. The first-order valence-corrected chi connectivity index (χ1v) is 9.35. The summed E-state index contributed by atoms with van der Waals surface area (Å²) in [6.07, 6.45) is 6.27. The maximum atomic E-state index is 13.4. The van der Waals surface area contributed by atoms with Crippen LogP contribution in [0, 0.1) is 5.82 Å². The van der Waals surface area contributed by atoms with Crippen LogP contribution in [0.15, 0.2) is 36.7 Å². The number of carbonyl (C=O) groups excluding carboxylic acids is 1. The highest BCUT2D eigenvalue weighted by atomic mass is 19.1. The van der Waals surface area contributed by atoms with Gasteiger partial charge in [0.15, 0.2) is 0 Å². The summed E-state index contributed by atoms with van der Waals surface area (Å²) in [5.74, 6) is 0.672. The number of aromatic nitrogens is 2. The van der Waals surface area contributed by atoms with Gasteiger partial charge in [-0.1, -0.05) is 6.07 Å². The van der Waals surface area contributed by atoms with Crippen molar-refractivity contribution in [1.82, 2.24) is 14.9 Å². The largest absolute Gasteiger partial charge is 0.437 e. The number of likely N-dealkylation sites (tertiary alicyclic amines) is 1. The predicted molar refractivity (Wildman–Crippen MR) is 96.0 cm³/mol. The number of ether oxygens (including phenoxy) is 2. The Morgan fingerprint density at radius 2 is 2.00 bits per heavy atom. The second-order valence-corrected chi connectivity index (χ2v) is 6.91. The molecule has 6 nitrogen and oxygen atoms in total. The molecule has 0 radical (unpaired) electrons. The van der Waals surface area contributed by atoms with Gasteiger partial charge < -0.3 is 14.4 Å². The summed E-state index contributed by atoms with van der Waals surface area (Å²) < 4.78 is 24.7. The van der Waals surface area contributed by atoms with Crippen molar-refractivity contribution in [2.24, 2.45) is 0 Å². The van der Waals surface area contributed by atoms with Gasteiger partial charge in [0.1, 0.15) is 23.4 Å². The van der Waals surface area contributed by atoms with Gasteiger partial charge in [0.2, 0.25) is 5.88 Å². The lowest BCUT2D eigenvalue weighted by molar-refractivity contribution is -0.142. The summed E-state index contributed by atoms with van der Waals surface area (Å²) in [6, 6.07) is 5.97. The number of benzene rings is 1. The molecule has 2 aromatic rings. The molecule has 7 heteroatoms. The SMILES string of the molecule is O=C([C@H]1CCCO1)N1CCC(c2nccnc2Oc2cccc(F)c2)CC1. The topological polar surface area (TPSA) is 64.5 Å². The molecule has 0 saturated carbocycles. The molecular weight excluding hydrogens is 349 g/mol. The van der Waals surface area contributed by atoms with Crippen molar-refractivity contribution < 1.29 is 18.7 Å². The van der Waals surface area contributed by atoms with E-state index < -0.39 is 0 Å². The van der Waals surface area contributed by atoms with E-state index in [1.165, 1.54) is 12.1 Å². The number of hydrogen-bond acceptors (Lipinski definition) is 5. The minimum atomic E-state index is -0.362. The molecule has 2 fully saturated rings. The van der Waals surface area contributed by atoms with Gasteiger partial charge >= 0.3 is 0 Å². The average molecular weight is 371 g/mol. The molecule has 2 aliphatic heterocycles. The molecule has 3 heterocycles. The highest BCUT2D eigenvalue weighted by Crippen LogP contribution is 2.34. The summed E-state index contributed by atoms with van der Waals surface area (Å²) in [5, 5.41) is 0. The fraction of sp³-hybridized carbons (Fsp3) is 0.450. The zero-order valence-corrected chi connectivity index (χ0v) is 15.0. The van der Waals surface area contributed by atoms with Crippen molar-refractivity contribution in [3.8, 4) is 11.6 Å². The van der Waals surface area contributed by atoms with Crippen LogP contribution in [0.3, 0.4) is 0 Å². The monoisotopic (exact) mass is 371 g/mol. The van der Waals surface area contributed by atoms with E-state index in [1.54, 1.807) is 24.5 Å². The summed E-state index contributed by atoms with van der Waals surface area (Å²) in [5.41, 5.74) is 0.756. The smallest absolute Gasteiger partial charge is 0.251 e. The van der Waals surface area contributed by atoms with Gasteiger partial charge in [-0.25, -0.2) is 9.37 Å². The van der Waals surface area contributed by atoms with Gasteiger partial charge in [0, 0.05) is 44.1 Å². The Morgan fingerprint density at radius 3 is 2.74 bits per heavy atom. The predicted octanol–water partition coefficient (Wildman–Crippen LogP) is 3.29. The van der Waals surface area contributed by atoms with Crippen LogP contribution in [0.2, 0.25) is 0 Å². The van der Waals surface area contributed by atoms with Gasteiger partial charge in [-0.05, 0) is 37.8 Å². The van der Waals surface area contributed by atoms with E-state index in [1.807, 2.05) is 4.90 Å². The van der Waals surface area contributed by atoms with Crippen LogP contribution in [0.5, 0.6) is 11.6 Å². The Kier molecular flexibility index (Phi) is 5.29. The fourth-order valence-electron chi connectivity index (χ4n) is 3.69. The Hall–Kier alpha value is -2.54. The standard InChI is InChI=1S/C20H22FN3O3/c21-15-3-1-4-16(13-15)27-19-18(22-8-9-23-19)14-6-10-24(11-7-14)20(25)17-5-2-12-26-17/h1,3-4,8-9,13-14,17H,2,5-7,10-12H2/t17-/m1/s1. The number of carbonyl (C=O) groups is 1. The van der Waals surface area contributed by atoms with Crippen LogP contribution in [-0.4, -0.2) is 46.6 Å². The quantitative estimate of drug-likeness (QED) is 0.825. The lowest BCUT2D eigenvalue weighted by atomic mass is 9.93. The van der Waals surface area contributed by atoms with Crippen LogP contribution < -0.4 is 4.74 Å². The number of rotatable bonds is 4. The van der Waals surface area contributed by atoms with Gasteiger partial charge in [0.25, 0.3) is 5.91 Å². The highest BCUT2D eigenvalue weighted by molar-refractivity contribution is 5.81. The lowest BCUT2D eigenvalue weighted by Crippen LogP contribution is -2.43. The third kappa shape index (κ3) is 4.08. The molecule has 0 aliphatic carbocycles. The number of amides is 1. The Morgan fingerprint density at radius 1 is 1.19 bits per heavy atom. The van der Waals surface area contributed by atoms with E-state index in [2.05, 4.69) is 9.97 Å². The van der Waals surface area contributed by atoms with Crippen LogP contribution in [-0.2, 0) is 9.53 Å². The summed E-state index contributed by atoms with van der Waals surface area (Å²) in [6.45, 7) is 2.01. The maximum Gasteiger partial charge on any atom is 0.251 e. The van der Waals surface area contributed by atoms with E-state index in [4.69, 9.17) is 9.47 Å². The first-order valence-electron chi connectivity index (χ1n) is 9.35. The molecule has 27 heavy (non-hydrogen) atoms. The third-order valence-electron chi connectivity index (χ3n) is 5.10. The highest BCUT2D eigenvalue weighted by Gasteiger charge is 2.32. The van der Waals surface area contributed by atoms with E-state index in [9.17, 15) is 9.18 Å². The summed E-state index contributed by atoms with van der Waals surface area (Å²) >= 11 is 0. The number of halogens is 1.